The second kappa shape index (κ2) is 7.13. The highest BCUT2D eigenvalue weighted by Gasteiger charge is 2.45. The van der Waals surface area contributed by atoms with Gasteiger partial charge in [0.15, 0.2) is 5.82 Å². The first kappa shape index (κ1) is 18.3. The maximum atomic E-state index is 13.0. The van der Waals surface area contributed by atoms with E-state index in [1.165, 1.54) is 11.0 Å². The Labute approximate surface area is 161 Å². The number of nitrogens with zero attached hydrogens (tertiary/aromatic N) is 7. The summed E-state index contributed by atoms with van der Waals surface area (Å²) < 4.78 is 1.38. The van der Waals surface area contributed by atoms with Crippen LogP contribution in [0.25, 0.3) is 5.82 Å². The molecule has 1 aliphatic heterocycles. The summed E-state index contributed by atoms with van der Waals surface area (Å²) in [6, 6.07) is 11.0. The standard InChI is InChI=1S/C18H22N8O2/c1-24(2)15-11-25(9-8-18(15,28)13-6-4-3-5-7-13)17(27)14-10-16(21-20-14)26-12-19-22-23-26/h3-7,10,12,15,28H,8-9,11H2,1-2H3,(H,20,21)/t15-,18+/m1/s1. The average Bonchev–Trinajstić information content (AvgIpc) is 3.40. The molecule has 0 bridgehead atoms. The van der Waals surface area contributed by atoms with Crippen molar-refractivity contribution in [3.05, 3.63) is 54.0 Å². The number of hydrogen-bond donors (Lipinski definition) is 2. The number of aliphatic hydroxyl groups is 1. The molecule has 1 amide bonds. The average molecular weight is 382 g/mol. The third-order valence-corrected chi connectivity index (χ3v) is 5.27. The van der Waals surface area contributed by atoms with E-state index in [-0.39, 0.29) is 11.9 Å². The van der Waals surface area contributed by atoms with E-state index in [4.69, 9.17) is 0 Å². The fraction of sp³-hybridized carbons (Fsp3) is 0.389. The Morgan fingerprint density at radius 3 is 2.79 bits per heavy atom. The van der Waals surface area contributed by atoms with Crippen molar-refractivity contribution in [2.75, 3.05) is 27.2 Å². The summed E-state index contributed by atoms with van der Waals surface area (Å²) in [7, 11) is 3.83. The highest BCUT2D eigenvalue weighted by atomic mass is 16.3. The van der Waals surface area contributed by atoms with Gasteiger partial charge in [-0.05, 0) is 36.5 Å². The summed E-state index contributed by atoms with van der Waals surface area (Å²) in [6.07, 6.45) is 1.85. The van der Waals surface area contributed by atoms with Gasteiger partial charge >= 0.3 is 0 Å². The van der Waals surface area contributed by atoms with Crippen LogP contribution in [0.4, 0.5) is 0 Å². The van der Waals surface area contributed by atoms with Gasteiger partial charge in [0.2, 0.25) is 0 Å². The smallest absolute Gasteiger partial charge is 0.272 e. The Hall–Kier alpha value is -3.11. The molecule has 28 heavy (non-hydrogen) atoms. The number of aromatic nitrogens is 6. The first-order valence-corrected chi connectivity index (χ1v) is 9.01. The molecule has 1 fully saturated rings. The van der Waals surface area contributed by atoms with Crippen molar-refractivity contribution in [2.24, 2.45) is 0 Å². The molecule has 2 aromatic heterocycles. The molecular formula is C18H22N8O2. The lowest BCUT2D eigenvalue weighted by atomic mass is 9.79. The summed E-state index contributed by atoms with van der Waals surface area (Å²) in [5, 5.41) is 29.2. The molecule has 146 valence electrons. The van der Waals surface area contributed by atoms with Crippen LogP contribution in [0.2, 0.25) is 0 Å². The Morgan fingerprint density at radius 1 is 1.32 bits per heavy atom. The number of carbonyl (C=O) groups is 1. The molecule has 3 heterocycles. The van der Waals surface area contributed by atoms with E-state index in [1.54, 1.807) is 11.0 Å². The van der Waals surface area contributed by atoms with Crippen LogP contribution in [0, 0.1) is 0 Å². The van der Waals surface area contributed by atoms with Crippen LogP contribution in [0.15, 0.2) is 42.7 Å². The molecule has 10 nitrogen and oxygen atoms in total. The number of piperidine rings is 1. The van der Waals surface area contributed by atoms with Crippen molar-refractivity contribution in [1.82, 2.24) is 40.2 Å². The van der Waals surface area contributed by atoms with Gasteiger partial charge < -0.3 is 14.9 Å². The summed E-state index contributed by atoms with van der Waals surface area (Å²) >= 11 is 0. The number of tetrazole rings is 1. The topological polar surface area (TPSA) is 116 Å². The summed E-state index contributed by atoms with van der Waals surface area (Å²) in [5.41, 5.74) is 0.198. The number of aromatic amines is 1. The third kappa shape index (κ3) is 3.16. The van der Waals surface area contributed by atoms with Gasteiger partial charge in [0.25, 0.3) is 5.91 Å². The van der Waals surface area contributed by atoms with E-state index in [9.17, 15) is 9.90 Å². The number of carbonyl (C=O) groups excluding carboxylic acids is 1. The molecule has 1 aromatic carbocycles. The number of benzene rings is 1. The van der Waals surface area contributed by atoms with Crippen LogP contribution < -0.4 is 0 Å². The number of nitrogens with one attached hydrogen (secondary N) is 1. The van der Waals surface area contributed by atoms with Crippen LogP contribution in [0.3, 0.4) is 0 Å². The first-order chi connectivity index (χ1) is 13.5. The minimum Gasteiger partial charge on any atom is -0.383 e. The van der Waals surface area contributed by atoms with Gasteiger partial charge in [0.1, 0.15) is 17.6 Å². The summed E-state index contributed by atoms with van der Waals surface area (Å²) in [6.45, 7) is 0.838. The molecule has 2 N–H and O–H groups in total. The lowest BCUT2D eigenvalue weighted by Gasteiger charge is -2.47. The zero-order chi connectivity index (χ0) is 19.7. The quantitative estimate of drug-likeness (QED) is 0.655. The van der Waals surface area contributed by atoms with E-state index in [2.05, 4.69) is 25.7 Å². The Bertz CT molecular complexity index is 940. The molecule has 10 heteroatoms. The Morgan fingerprint density at radius 2 is 2.11 bits per heavy atom. The summed E-state index contributed by atoms with van der Waals surface area (Å²) in [5.74, 6) is 0.268. The van der Waals surface area contributed by atoms with E-state index in [1.807, 2.05) is 49.3 Å². The van der Waals surface area contributed by atoms with Crippen LogP contribution in [0.5, 0.6) is 0 Å². The van der Waals surface area contributed by atoms with Crippen molar-refractivity contribution < 1.29 is 9.90 Å². The number of H-pyrrole nitrogens is 1. The minimum atomic E-state index is -1.02. The van der Waals surface area contributed by atoms with Crippen molar-refractivity contribution >= 4 is 5.91 Å². The maximum absolute atomic E-state index is 13.0. The second-order valence-corrected chi connectivity index (χ2v) is 7.17. The molecule has 0 spiro atoms. The van der Waals surface area contributed by atoms with Crippen LogP contribution in [-0.2, 0) is 5.60 Å². The van der Waals surface area contributed by atoms with Crippen LogP contribution >= 0.6 is 0 Å². The summed E-state index contributed by atoms with van der Waals surface area (Å²) in [4.78, 5) is 16.7. The predicted octanol–water partition coefficient (Wildman–Crippen LogP) is 0.0493. The van der Waals surface area contributed by atoms with Crippen molar-refractivity contribution in [3.63, 3.8) is 0 Å². The normalized spacial score (nSPS) is 22.6. The van der Waals surface area contributed by atoms with Gasteiger partial charge in [-0.1, -0.05) is 30.3 Å². The number of likely N-dealkylation sites (N-methyl/N-ethyl adjacent to an activating group) is 1. The highest BCUT2D eigenvalue weighted by Crippen LogP contribution is 2.35. The number of likely N-dealkylation sites (tertiary alicyclic amines) is 1. The molecule has 0 aliphatic carbocycles. The molecular weight excluding hydrogens is 360 g/mol. The number of rotatable bonds is 4. The van der Waals surface area contributed by atoms with Crippen LogP contribution in [0.1, 0.15) is 22.5 Å². The maximum Gasteiger partial charge on any atom is 0.272 e. The second-order valence-electron chi connectivity index (χ2n) is 7.17. The first-order valence-electron chi connectivity index (χ1n) is 9.01. The molecule has 0 radical (unpaired) electrons. The van der Waals surface area contributed by atoms with Crippen molar-refractivity contribution in [1.29, 1.82) is 0 Å². The minimum absolute atomic E-state index is 0.172. The molecule has 0 unspecified atom stereocenters. The van der Waals surface area contributed by atoms with Gasteiger partial charge in [0, 0.05) is 19.2 Å². The Kier molecular flexibility index (Phi) is 4.65. The van der Waals surface area contributed by atoms with Crippen LogP contribution in [-0.4, -0.2) is 84.4 Å². The highest BCUT2D eigenvalue weighted by molar-refractivity contribution is 5.92. The van der Waals surface area contributed by atoms with E-state index >= 15 is 0 Å². The molecule has 0 saturated carbocycles. The Balaban J connectivity index is 1.55. The van der Waals surface area contributed by atoms with E-state index in [0.29, 0.717) is 31.0 Å². The van der Waals surface area contributed by atoms with Crippen molar-refractivity contribution in [2.45, 2.75) is 18.1 Å². The molecule has 3 aromatic rings. The monoisotopic (exact) mass is 382 g/mol. The van der Waals surface area contributed by atoms with Gasteiger partial charge in [-0.25, -0.2) is 0 Å². The number of amides is 1. The molecule has 4 rings (SSSR count). The molecule has 1 aliphatic rings. The largest absolute Gasteiger partial charge is 0.383 e. The van der Waals surface area contributed by atoms with E-state index in [0.717, 1.165) is 5.56 Å². The number of hydrogen-bond acceptors (Lipinski definition) is 7. The predicted molar refractivity (Wildman–Crippen MR) is 99.6 cm³/mol. The van der Waals surface area contributed by atoms with Gasteiger partial charge in [0.05, 0.1) is 6.04 Å². The zero-order valence-electron chi connectivity index (χ0n) is 15.7. The fourth-order valence-corrected chi connectivity index (χ4v) is 3.74. The van der Waals surface area contributed by atoms with Crippen molar-refractivity contribution in [3.8, 4) is 5.82 Å². The SMILES string of the molecule is CN(C)[C@@H]1CN(C(=O)c2cc(-n3cnnn3)n[nH]2)CC[C@]1(O)c1ccccc1. The van der Waals surface area contributed by atoms with Gasteiger partial charge in [-0.2, -0.15) is 9.78 Å². The zero-order valence-corrected chi connectivity index (χ0v) is 15.7. The molecule has 2 atom stereocenters. The third-order valence-electron chi connectivity index (χ3n) is 5.27. The fourth-order valence-electron chi connectivity index (χ4n) is 3.74. The lowest BCUT2D eigenvalue weighted by Crippen LogP contribution is -2.60. The molecule has 1 saturated heterocycles. The van der Waals surface area contributed by atoms with Gasteiger partial charge in [-0.3, -0.25) is 9.89 Å². The van der Waals surface area contributed by atoms with E-state index < -0.39 is 5.60 Å². The lowest BCUT2D eigenvalue weighted by molar-refractivity contribution is -0.0811. The van der Waals surface area contributed by atoms with Gasteiger partial charge in [-0.15, -0.1) is 5.10 Å².